The predicted octanol–water partition coefficient (Wildman–Crippen LogP) is 0.446. The first kappa shape index (κ1) is 12.3. The average molecular weight is 343 g/mol. The Morgan fingerprint density at radius 3 is 2.42 bits per heavy atom. The summed E-state index contributed by atoms with van der Waals surface area (Å²) in [6.07, 6.45) is 8.00. The van der Waals surface area contributed by atoms with Crippen LogP contribution in [-0.4, -0.2) is 24.5 Å². The van der Waals surface area contributed by atoms with Crippen molar-refractivity contribution in [3.63, 3.8) is 0 Å². The van der Waals surface area contributed by atoms with Gasteiger partial charge in [-0.3, -0.25) is 6.08 Å². The SMILES string of the molecule is O.[C-]1=CCC2(CC1)OCCO2.[Re]. The molecule has 1 radical (unpaired) electrons. The largest absolute Gasteiger partial charge is 0.500 e. The molecule has 0 aromatic rings. The standard InChI is InChI=1S/C8H11O2.H2O.Re/c1-2-4-8(5-3-1)9-6-7-10-8;;/h2H,3-7H2;1H2;/q-1;;. The van der Waals surface area contributed by atoms with Gasteiger partial charge in [-0.25, -0.2) is 0 Å². The van der Waals surface area contributed by atoms with E-state index < -0.39 is 0 Å². The maximum atomic E-state index is 5.49. The van der Waals surface area contributed by atoms with Crippen LogP contribution in [-0.2, 0) is 29.9 Å². The van der Waals surface area contributed by atoms with Gasteiger partial charge in [0.2, 0.25) is 0 Å². The average Bonchev–Trinajstić information content (AvgIpc) is 2.39. The fourth-order valence-corrected chi connectivity index (χ4v) is 1.45. The second-order valence-corrected chi connectivity index (χ2v) is 2.72. The van der Waals surface area contributed by atoms with Gasteiger partial charge in [-0.05, 0) is 12.8 Å². The van der Waals surface area contributed by atoms with Crippen molar-refractivity contribution in [3.8, 4) is 0 Å². The molecule has 0 unspecified atom stereocenters. The molecule has 1 spiro atoms. The Morgan fingerprint density at radius 1 is 1.25 bits per heavy atom. The third-order valence-corrected chi connectivity index (χ3v) is 2.02. The van der Waals surface area contributed by atoms with Crippen molar-refractivity contribution in [1.82, 2.24) is 0 Å². The van der Waals surface area contributed by atoms with Gasteiger partial charge in [0.25, 0.3) is 0 Å². The van der Waals surface area contributed by atoms with E-state index in [0.717, 1.165) is 32.5 Å². The molecule has 3 nitrogen and oxygen atoms in total. The third-order valence-electron chi connectivity index (χ3n) is 2.02. The van der Waals surface area contributed by atoms with E-state index >= 15 is 0 Å². The van der Waals surface area contributed by atoms with Crippen molar-refractivity contribution in [3.05, 3.63) is 12.2 Å². The van der Waals surface area contributed by atoms with Crippen LogP contribution < -0.4 is 0 Å². The summed E-state index contributed by atoms with van der Waals surface area (Å²) in [7, 11) is 0. The van der Waals surface area contributed by atoms with E-state index in [9.17, 15) is 0 Å². The Balaban J connectivity index is 0.000000605. The number of ether oxygens (including phenoxy) is 2. The van der Waals surface area contributed by atoms with Crippen molar-refractivity contribution in [1.29, 1.82) is 0 Å². The maximum Gasteiger partial charge on any atom is 0.166 e. The zero-order valence-electron chi connectivity index (χ0n) is 6.81. The van der Waals surface area contributed by atoms with Gasteiger partial charge in [-0.15, -0.1) is 0 Å². The molecule has 71 valence electrons. The normalized spacial score (nSPS) is 24.7. The third kappa shape index (κ3) is 2.38. The molecule has 0 aromatic carbocycles. The van der Waals surface area contributed by atoms with Gasteiger partial charge in [-0.1, -0.05) is 0 Å². The van der Waals surface area contributed by atoms with Gasteiger partial charge in [-0.2, -0.15) is 6.42 Å². The maximum absolute atomic E-state index is 5.49. The molecule has 0 amide bonds. The molecule has 1 heterocycles. The summed E-state index contributed by atoms with van der Waals surface area (Å²) in [5.74, 6) is -0.245. The van der Waals surface area contributed by atoms with Gasteiger partial charge in [0.05, 0.1) is 13.2 Å². The molecule has 1 saturated heterocycles. The summed E-state index contributed by atoms with van der Waals surface area (Å²) in [6.45, 7) is 1.52. The summed E-state index contributed by atoms with van der Waals surface area (Å²) in [5.41, 5.74) is 0. The first-order chi connectivity index (χ1) is 4.91. The van der Waals surface area contributed by atoms with Crippen LogP contribution in [0.15, 0.2) is 6.08 Å². The zero-order chi connectivity index (χ0) is 6.86. The molecule has 2 rings (SSSR count). The van der Waals surface area contributed by atoms with Crippen LogP contribution in [0.3, 0.4) is 0 Å². The van der Waals surface area contributed by atoms with Crippen LogP contribution in [0.1, 0.15) is 19.3 Å². The van der Waals surface area contributed by atoms with Crippen LogP contribution in [0, 0.1) is 6.08 Å². The first-order valence-corrected chi connectivity index (χ1v) is 3.74. The molecule has 4 heteroatoms. The molecule has 2 N–H and O–H groups in total. The monoisotopic (exact) mass is 344 g/mol. The number of hydrogen-bond donors (Lipinski definition) is 0. The number of hydrogen-bond acceptors (Lipinski definition) is 2. The van der Waals surface area contributed by atoms with Crippen molar-refractivity contribution in [2.45, 2.75) is 25.0 Å². The van der Waals surface area contributed by atoms with E-state index in [1.54, 1.807) is 0 Å². The van der Waals surface area contributed by atoms with Crippen molar-refractivity contribution < 1.29 is 35.4 Å². The second-order valence-electron chi connectivity index (χ2n) is 2.72. The second kappa shape index (κ2) is 5.11. The summed E-state index contributed by atoms with van der Waals surface area (Å²) >= 11 is 0. The number of rotatable bonds is 0. The van der Waals surface area contributed by atoms with Gasteiger partial charge in [0.1, 0.15) is 0 Å². The molecule has 0 bridgehead atoms. The number of allylic oxidation sites excluding steroid dienone is 1. The summed E-state index contributed by atoms with van der Waals surface area (Å²) < 4.78 is 11.0. The Labute approximate surface area is 86.1 Å². The van der Waals surface area contributed by atoms with Crippen molar-refractivity contribution >= 4 is 0 Å². The van der Waals surface area contributed by atoms with Crippen LogP contribution >= 0.6 is 0 Å². The Hall–Kier alpha value is 0.282. The van der Waals surface area contributed by atoms with E-state index in [2.05, 4.69) is 6.08 Å². The molecule has 1 aliphatic carbocycles. The van der Waals surface area contributed by atoms with Crippen LogP contribution in [0.2, 0.25) is 0 Å². The minimum absolute atomic E-state index is 0. The molecular formula is C8H13O3Re-. The summed E-state index contributed by atoms with van der Waals surface area (Å²) in [6, 6.07) is 0. The topological polar surface area (TPSA) is 50.0 Å². The predicted molar refractivity (Wildman–Crippen MR) is 39.9 cm³/mol. The fourth-order valence-electron chi connectivity index (χ4n) is 1.45. The van der Waals surface area contributed by atoms with E-state index in [1.165, 1.54) is 0 Å². The van der Waals surface area contributed by atoms with Crippen LogP contribution in [0.25, 0.3) is 0 Å². The Bertz CT molecular complexity index is 152. The molecule has 0 aromatic heterocycles. The smallest absolute Gasteiger partial charge is 0.166 e. The zero-order valence-corrected chi connectivity index (χ0v) is 9.52. The minimum Gasteiger partial charge on any atom is -0.500 e. The van der Waals surface area contributed by atoms with Gasteiger partial charge >= 0.3 is 0 Å². The Kier molecular flexibility index (Phi) is 5.23. The molecule has 2 aliphatic rings. The molecular weight excluding hydrogens is 330 g/mol. The molecule has 1 fully saturated rings. The van der Waals surface area contributed by atoms with Gasteiger partial charge in [0.15, 0.2) is 5.79 Å². The first-order valence-electron chi connectivity index (χ1n) is 3.74. The van der Waals surface area contributed by atoms with E-state index in [-0.39, 0.29) is 31.7 Å². The van der Waals surface area contributed by atoms with Crippen LogP contribution in [0.5, 0.6) is 0 Å². The molecule has 0 saturated carbocycles. The van der Waals surface area contributed by atoms with Gasteiger partial charge < -0.3 is 21.0 Å². The fraction of sp³-hybridized carbons (Fsp3) is 0.750. The Morgan fingerprint density at radius 2 is 1.92 bits per heavy atom. The minimum atomic E-state index is -0.245. The summed E-state index contributed by atoms with van der Waals surface area (Å²) in [5, 5.41) is 0. The van der Waals surface area contributed by atoms with E-state index in [4.69, 9.17) is 9.47 Å². The van der Waals surface area contributed by atoms with Crippen molar-refractivity contribution in [2.24, 2.45) is 0 Å². The molecule has 0 atom stereocenters. The molecule has 12 heavy (non-hydrogen) atoms. The van der Waals surface area contributed by atoms with E-state index in [0.29, 0.717) is 0 Å². The van der Waals surface area contributed by atoms with Gasteiger partial charge in [0, 0.05) is 20.4 Å². The van der Waals surface area contributed by atoms with Crippen LogP contribution in [0.4, 0.5) is 0 Å². The molecule has 1 aliphatic heterocycles. The summed E-state index contributed by atoms with van der Waals surface area (Å²) in [4.78, 5) is 0. The van der Waals surface area contributed by atoms with E-state index in [1.807, 2.05) is 6.08 Å². The van der Waals surface area contributed by atoms with Crippen molar-refractivity contribution in [2.75, 3.05) is 13.2 Å². The quantitative estimate of drug-likeness (QED) is 0.600.